The molecule has 1 heterocycles. The first kappa shape index (κ1) is 17.8. The molecule has 3 N–H and O–H groups in total. The van der Waals surface area contributed by atoms with Gasteiger partial charge < -0.3 is 11.1 Å². The Hall–Kier alpha value is -2.52. The van der Waals surface area contributed by atoms with E-state index in [1.807, 2.05) is 0 Å². The van der Waals surface area contributed by atoms with Gasteiger partial charge in [0, 0.05) is 39.6 Å². The summed E-state index contributed by atoms with van der Waals surface area (Å²) in [5.74, 6) is -0.499. The van der Waals surface area contributed by atoms with Crippen molar-refractivity contribution in [3.8, 4) is 0 Å². The average Bonchev–Trinajstić information content (AvgIpc) is 2.50. The summed E-state index contributed by atoms with van der Waals surface area (Å²) >= 11 is 6.05. The van der Waals surface area contributed by atoms with Crippen LogP contribution in [0.2, 0.25) is 5.02 Å². The topological polar surface area (TPSA) is 128 Å². The van der Waals surface area contributed by atoms with Gasteiger partial charge in [0.2, 0.25) is 0 Å². The smallest absolute Gasteiger partial charge is 0.288 e. The molecule has 2 rings (SSSR count). The second-order valence-corrected chi connectivity index (χ2v) is 6.70. The molecule has 0 radical (unpaired) electrons. The Morgan fingerprint density at radius 1 is 1.46 bits per heavy atom. The fourth-order valence-electron chi connectivity index (χ4n) is 1.96. The van der Waals surface area contributed by atoms with Crippen molar-refractivity contribution < 1.29 is 13.9 Å². The first-order chi connectivity index (χ1) is 11.3. The van der Waals surface area contributed by atoms with Crippen LogP contribution in [0, 0.1) is 10.1 Å². The molecular formula is C14H13ClN4O4S. The molecule has 126 valence electrons. The summed E-state index contributed by atoms with van der Waals surface area (Å²) in [6, 6.07) is 5.97. The molecule has 1 aromatic heterocycles. The van der Waals surface area contributed by atoms with Crippen LogP contribution >= 0.6 is 11.6 Å². The molecule has 0 aliphatic heterocycles. The maximum absolute atomic E-state index is 11.5. The number of anilines is 2. The van der Waals surface area contributed by atoms with Gasteiger partial charge in [-0.05, 0) is 23.8 Å². The van der Waals surface area contributed by atoms with Gasteiger partial charge in [-0.15, -0.1) is 0 Å². The van der Waals surface area contributed by atoms with Crippen LogP contribution in [0.15, 0.2) is 30.5 Å². The summed E-state index contributed by atoms with van der Waals surface area (Å²) in [6.45, 7) is 0. The molecule has 0 saturated carbocycles. The number of nitrogens with zero attached hydrogens (tertiary/aromatic N) is 2. The van der Waals surface area contributed by atoms with Crippen molar-refractivity contribution in [1.82, 2.24) is 4.98 Å². The third-order valence-corrected chi connectivity index (χ3v) is 4.10. The summed E-state index contributed by atoms with van der Waals surface area (Å²) in [4.78, 5) is 25.5. The van der Waals surface area contributed by atoms with Crippen molar-refractivity contribution in [2.24, 2.45) is 5.73 Å². The first-order valence-corrected chi connectivity index (χ1v) is 8.68. The van der Waals surface area contributed by atoms with Gasteiger partial charge in [-0.2, -0.15) is 0 Å². The number of carbonyl (C=O) groups is 1. The van der Waals surface area contributed by atoms with Gasteiger partial charge in [-0.3, -0.25) is 19.1 Å². The number of rotatable bonds is 6. The van der Waals surface area contributed by atoms with Crippen LogP contribution in [0.3, 0.4) is 0 Å². The van der Waals surface area contributed by atoms with Crippen molar-refractivity contribution in [2.45, 2.75) is 5.75 Å². The maximum atomic E-state index is 11.5. The molecule has 24 heavy (non-hydrogen) atoms. The molecule has 0 aliphatic carbocycles. The quantitative estimate of drug-likeness (QED) is 0.595. The largest absolute Gasteiger partial charge is 0.365 e. The number of halogens is 1. The lowest BCUT2D eigenvalue weighted by Crippen LogP contribution is -2.14. The molecular weight excluding hydrogens is 356 g/mol. The minimum Gasteiger partial charge on any atom is -0.365 e. The van der Waals surface area contributed by atoms with E-state index in [9.17, 15) is 19.1 Å². The number of amides is 1. The fraction of sp³-hybridized carbons (Fsp3) is 0.143. The molecule has 0 spiro atoms. The zero-order valence-corrected chi connectivity index (χ0v) is 14.1. The zero-order valence-electron chi connectivity index (χ0n) is 12.5. The normalized spacial score (nSPS) is 11.8. The first-order valence-electron chi connectivity index (χ1n) is 6.57. The Morgan fingerprint density at radius 3 is 2.75 bits per heavy atom. The van der Waals surface area contributed by atoms with Crippen molar-refractivity contribution in [1.29, 1.82) is 0 Å². The Labute approximate surface area is 144 Å². The molecule has 0 aliphatic rings. The van der Waals surface area contributed by atoms with Crippen molar-refractivity contribution in [3.05, 3.63) is 56.7 Å². The third kappa shape index (κ3) is 4.27. The highest BCUT2D eigenvalue weighted by atomic mass is 35.5. The van der Waals surface area contributed by atoms with Gasteiger partial charge in [-0.1, -0.05) is 11.6 Å². The number of benzene rings is 1. The van der Waals surface area contributed by atoms with Crippen LogP contribution in [0.4, 0.5) is 17.2 Å². The number of primary amides is 1. The average molecular weight is 369 g/mol. The fourth-order valence-corrected chi connectivity index (χ4v) is 2.90. The number of carbonyl (C=O) groups excluding carboxylic acids is 1. The van der Waals surface area contributed by atoms with E-state index in [2.05, 4.69) is 10.3 Å². The molecule has 1 unspecified atom stereocenters. The van der Waals surface area contributed by atoms with Crippen LogP contribution in [0.25, 0.3) is 0 Å². The van der Waals surface area contributed by atoms with Crippen LogP contribution in [0.5, 0.6) is 0 Å². The van der Waals surface area contributed by atoms with Crippen LogP contribution in [-0.4, -0.2) is 26.3 Å². The highest BCUT2D eigenvalue weighted by molar-refractivity contribution is 7.83. The Balaban J connectivity index is 2.39. The standard InChI is InChI=1S/C14H13ClN4O4S/c1-24(23)7-8-4-9(2-3-12(8)15)18-14-11(13(16)20)5-10(6-17-14)19(21)22/h2-6H,7H2,1H3,(H2,16,20)(H,17,18). The molecule has 0 fully saturated rings. The minimum absolute atomic E-state index is 0.0824. The van der Waals surface area contributed by atoms with Gasteiger partial charge in [-0.25, -0.2) is 4.98 Å². The number of hydrogen-bond acceptors (Lipinski definition) is 6. The molecule has 0 bridgehead atoms. The van der Waals surface area contributed by atoms with Gasteiger partial charge in [0.15, 0.2) is 0 Å². The van der Waals surface area contributed by atoms with Gasteiger partial charge >= 0.3 is 0 Å². The van der Waals surface area contributed by atoms with E-state index < -0.39 is 21.6 Å². The minimum atomic E-state index is -1.08. The monoisotopic (exact) mass is 368 g/mol. The van der Waals surface area contributed by atoms with E-state index in [0.717, 1.165) is 12.3 Å². The Bertz CT molecular complexity index is 844. The molecule has 8 nitrogen and oxygen atoms in total. The van der Waals surface area contributed by atoms with Crippen LogP contribution in [-0.2, 0) is 16.6 Å². The second kappa shape index (κ2) is 7.37. The SMILES string of the molecule is CS(=O)Cc1cc(Nc2ncc([N+](=O)[O-])cc2C(N)=O)ccc1Cl. The predicted molar refractivity (Wildman–Crippen MR) is 91.9 cm³/mol. The lowest BCUT2D eigenvalue weighted by atomic mass is 10.2. The maximum Gasteiger partial charge on any atom is 0.288 e. The molecule has 1 atom stereocenters. The number of aromatic nitrogens is 1. The number of hydrogen-bond donors (Lipinski definition) is 2. The number of nitro groups is 1. The van der Waals surface area contributed by atoms with Crippen molar-refractivity contribution in [2.75, 3.05) is 11.6 Å². The van der Waals surface area contributed by atoms with Crippen molar-refractivity contribution in [3.63, 3.8) is 0 Å². The van der Waals surface area contributed by atoms with Crippen LogP contribution < -0.4 is 11.1 Å². The van der Waals surface area contributed by atoms with Gasteiger partial charge in [0.1, 0.15) is 12.0 Å². The van der Waals surface area contributed by atoms with E-state index in [4.69, 9.17) is 17.3 Å². The van der Waals surface area contributed by atoms with Crippen molar-refractivity contribution >= 4 is 45.5 Å². The lowest BCUT2D eigenvalue weighted by molar-refractivity contribution is -0.385. The van der Waals surface area contributed by atoms with E-state index in [0.29, 0.717) is 16.3 Å². The summed E-state index contributed by atoms with van der Waals surface area (Å²) in [5, 5.41) is 14.1. The highest BCUT2D eigenvalue weighted by Gasteiger charge is 2.16. The third-order valence-electron chi connectivity index (χ3n) is 3.02. The summed E-state index contributed by atoms with van der Waals surface area (Å²) in [7, 11) is -1.08. The zero-order chi connectivity index (χ0) is 17.9. The number of nitrogens with two attached hydrogens (primary N) is 1. The van der Waals surface area contributed by atoms with Crippen LogP contribution in [0.1, 0.15) is 15.9 Å². The van der Waals surface area contributed by atoms with Gasteiger partial charge in [0.25, 0.3) is 11.6 Å². The van der Waals surface area contributed by atoms with E-state index >= 15 is 0 Å². The number of nitrogens with one attached hydrogen (secondary N) is 1. The highest BCUT2D eigenvalue weighted by Crippen LogP contribution is 2.26. The number of pyridine rings is 1. The van der Waals surface area contributed by atoms with E-state index in [-0.39, 0.29) is 22.8 Å². The molecule has 2 aromatic rings. The molecule has 10 heteroatoms. The molecule has 0 saturated heterocycles. The Kier molecular flexibility index (Phi) is 5.47. The molecule has 1 aromatic carbocycles. The summed E-state index contributed by atoms with van der Waals surface area (Å²) < 4.78 is 11.4. The Morgan fingerprint density at radius 2 is 2.17 bits per heavy atom. The molecule has 1 amide bonds. The predicted octanol–water partition coefficient (Wildman–Crippen LogP) is 2.36. The second-order valence-electron chi connectivity index (χ2n) is 4.86. The lowest BCUT2D eigenvalue weighted by Gasteiger charge is -2.11. The summed E-state index contributed by atoms with van der Waals surface area (Å²) in [5.41, 5.74) is 5.99. The van der Waals surface area contributed by atoms with E-state index in [1.165, 1.54) is 0 Å². The van der Waals surface area contributed by atoms with E-state index in [1.54, 1.807) is 24.5 Å². The van der Waals surface area contributed by atoms with Gasteiger partial charge in [0.05, 0.1) is 10.5 Å². The summed E-state index contributed by atoms with van der Waals surface area (Å²) in [6.07, 6.45) is 2.58.